The molecule has 0 unspecified atom stereocenters. The van der Waals surface area contributed by atoms with Gasteiger partial charge in [0.1, 0.15) is 11.5 Å². The molecule has 0 radical (unpaired) electrons. The third kappa shape index (κ3) is 5.96. The van der Waals surface area contributed by atoms with E-state index in [0.717, 1.165) is 23.1 Å². The molecule has 0 aliphatic heterocycles. The highest BCUT2D eigenvalue weighted by atomic mass is 32.2. The number of benzene rings is 3. The predicted octanol–water partition coefficient (Wildman–Crippen LogP) is 4.40. The van der Waals surface area contributed by atoms with Crippen LogP contribution in [-0.2, 0) is 11.3 Å². The molecule has 0 fully saturated rings. The first kappa shape index (κ1) is 24.2. The molecule has 0 saturated carbocycles. The number of aromatic nitrogens is 2. The molecule has 1 amide bonds. The molecule has 1 heterocycles. The van der Waals surface area contributed by atoms with Crippen LogP contribution in [0.4, 0.5) is 8.78 Å². The topological polar surface area (TPSA) is 82.5 Å². The molecule has 1 N–H and O–H groups in total. The minimum atomic E-state index is -2.95. The molecule has 180 valence electrons. The maximum absolute atomic E-state index is 13.3. The van der Waals surface area contributed by atoms with Gasteiger partial charge in [-0.3, -0.25) is 14.2 Å². The van der Waals surface area contributed by atoms with Gasteiger partial charge in [0.2, 0.25) is 5.91 Å². The first-order valence-electron chi connectivity index (χ1n) is 10.5. The van der Waals surface area contributed by atoms with Crippen LogP contribution in [0, 0.1) is 0 Å². The van der Waals surface area contributed by atoms with Crippen LogP contribution in [-0.4, -0.2) is 34.9 Å². The van der Waals surface area contributed by atoms with Crippen molar-refractivity contribution in [3.05, 3.63) is 88.7 Å². The summed E-state index contributed by atoms with van der Waals surface area (Å²) in [5, 5.41) is 3.54. The second kappa shape index (κ2) is 11.0. The Morgan fingerprint density at radius 2 is 1.71 bits per heavy atom. The molecule has 35 heavy (non-hydrogen) atoms. The lowest BCUT2D eigenvalue weighted by atomic mass is 10.2. The van der Waals surface area contributed by atoms with Gasteiger partial charge < -0.3 is 14.8 Å². The Morgan fingerprint density at radius 3 is 2.40 bits per heavy atom. The number of amides is 1. The van der Waals surface area contributed by atoms with Crippen molar-refractivity contribution in [1.29, 1.82) is 0 Å². The molecule has 1 aromatic heterocycles. The molecule has 0 spiro atoms. The van der Waals surface area contributed by atoms with E-state index in [-0.39, 0.29) is 23.0 Å². The molecule has 4 aromatic rings. The lowest BCUT2D eigenvalue weighted by Gasteiger charge is -2.14. The van der Waals surface area contributed by atoms with Gasteiger partial charge in [0.15, 0.2) is 5.16 Å². The second-order valence-electron chi connectivity index (χ2n) is 7.34. The largest absolute Gasteiger partial charge is 0.497 e. The summed E-state index contributed by atoms with van der Waals surface area (Å²) in [7, 11) is 1.58. The number of ether oxygens (including phenoxy) is 2. The smallest absolute Gasteiger partial charge is 0.387 e. The molecule has 0 bridgehead atoms. The third-order valence-electron chi connectivity index (χ3n) is 5.05. The Balaban J connectivity index is 1.55. The molecule has 3 aromatic carbocycles. The van der Waals surface area contributed by atoms with Crippen LogP contribution >= 0.6 is 11.8 Å². The van der Waals surface area contributed by atoms with Gasteiger partial charge in [0, 0.05) is 6.54 Å². The molecular formula is C25H21F2N3O4S. The van der Waals surface area contributed by atoms with Gasteiger partial charge >= 0.3 is 6.61 Å². The first-order chi connectivity index (χ1) is 16.9. The fourth-order valence-corrected chi connectivity index (χ4v) is 4.18. The van der Waals surface area contributed by atoms with Gasteiger partial charge in [-0.25, -0.2) is 4.98 Å². The number of nitrogens with zero attached hydrogens (tertiary/aromatic N) is 2. The molecule has 0 saturated heterocycles. The highest BCUT2D eigenvalue weighted by Crippen LogP contribution is 2.23. The number of para-hydroxylation sites is 1. The fourth-order valence-electron chi connectivity index (χ4n) is 3.34. The van der Waals surface area contributed by atoms with E-state index in [0.29, 0.717) is 28.3 Å². The van der Waals surface area contributed by atoms with Gasteiger partial charge in [-0.05, 0) is 54.1 Å². The number of alkyl halides is 2. The summed E-state index contributed by atoms with van der Waals surface area (Å²) in [6.45, 7) is -2.61. The van der Waals surface area contributed by atoms with Gasteiger partial charge in [-0.1, -0.05) is 36.0 Å². The van der Waals surface area contributed by atoms with Crippen LogP contribution in [0.15, 0.2) is 82.7 Å². The Morgan fingerprint density at radius 1 is 1.03 bits per heavy atom. The highest BCUT2D eigenvalue weighted by molar-refractivity contribution is 7.99. The molecule has 10 heteroatoms. The van der Waals surface area contributed by atoms with Crippen LogP contribution in [0.5, 0.6) is 11.5 Å². The van der Waals surface area contributed by atoms with Crippen molar-refractivity contribution in [2.24, 2.45) is 0 Å². The average Bonchev–Trinajstić information content (AvgIpc) is 2.87. The van der Waals surface area contributed by atoms with E-state index in [9.17, 15) is 18.4 Å². The van der Waals surface area contributed by atoms with Crippen LogP contribution in [0.1, 0.15) is 5.56 Å². The summed E-state index contributed by atoms with van der Waals surface area (Å²) >= 11 is 1.10. The Bertz CT molecular complexity index is 1380. The van der Waals surface area contributed by atoms with Gasteiger partial charge in [0.05, 0.1) is 29.5 Å². The molecule has 7 nitrogen and oxygen atoms in total. The zero-order valence-electron chi connectivity index (χ0n) is 18.6. The second-order valence-corrected chi connectivity index (χ2v) is 8.28. The molecule has 0 aliphatic carbocycles. The van der Waals surface area contributed by atoms with E-state index in [1.54, 1.807) is 31.4 Å². The Labute approximate surface area is 203 Å². The predicted molar refractivity (Wildman–Crippen MR) is 130 cm³/mol. The van der Waals surface area contributed by atoms with Crippen molar-refractivity contribution >= 4 is 28.6 Å². The molecular weight excluding hydrogens is 476 g/mol. The van der Waals surface area contributed by atoms with Gasteiger partial charge in [-0.15, -0.1) is 0 Å². The normalized spacial score (nSPS) is 11.0. The van der Waals surface area contributed by atoms with Crippen molar-refractivity contribution in [1.82, 2.24) is 14.9 Å². The van der Waals surface area contributed by atoms with Crippen molar-refractivity contribution in [3.63, 3.8) is 0 Å². The number of carbonyl (C=O) groups excluding carboxylic acids is 1. The average molecular weight is 498 g/mol. The summed E-state index contributed by atoms with van der Waals surface area (Å²) < 4.78 is 35.9. The maximum Gasteiger partial charge on any atom is 0.387 e. The number of hydrogen-bond donors (Lipinski definition) is 1. The zero-order valence-corrected chi connectivity index (χ0v) is 19.4. The number of thioether (sulfide) groups is 1. The zero-order chi connectivity index (χ0) is 24.8. The lowest BCUT2D eigenvalue weighted by molar-refractivity contribution is -0.118. The van der Waals surface area contributed by atoms with Crippen LogP contribution in [0.3, 0.4) is 0 Å². The molecule has 4 rings (SSSR count). The highest BCUT2D eigenvalue weighted by Gasteiger charge is 2.15. The van der Waals surface area contributed by atoms with E-state index in [4.69, 9.17) is 4.74 Å². The van der Waals surface area contributed by atoms with Crippen molar-refractivity contribution in [3.8, 4) is 17.2 Å². The minimum Gasteiger partial charge on any atom is -0.497 e. The van der Waals surface area contributed by atoms with Crippen LogP contribution < -0.4 is 20.3 Å². The third-order valence-corrected chi connectivity index (χ3v) is 5.98. The van der Waals surface area contributed by atoms with Crippen molar-refractivity contribution in [2.45, 2.75) is 18.3 Å². The van der Waals surface area contributed by atoms with Crippen LogP contribution in [0.2, 0.25) is 0 Å². The fraction of sp³-hybridized carbons (Fsp3) is 0.160. The maximum atomic E-state index is 13.3. The summed E-state index contributed by atoms with van der Waals surface area (Å²) in [4.78, 5) is 30.3. The quantitative estimate of drug-likeness (QED) is 0.273. The van der Waals surface area contributed by atoms with E-state index in [1.807, 2.05) is 24.3 Å². The number of rotatable bonds is 9. The van der Waals surface area contributed by atoms with Crippen molar-refractivity contribution < 1.29 is 23.0 Å². The number of hydrogen-bond acceptors (Lipinski definition) is 6. The van der Waals surface area contributed by atoms with Crippen molar-refractivity contribution in [2.75, 3.05) is 12.9 Å². The number of fused-ring (bicyclic) bond motifs is 1. The summed E-state index contributed by atoms with van der Waals surface area (Å²) in [5.74, 6) is 0.482. The summed E-state index contributed by atoms with van der Waals surface area (Å²) in [6.07, 6.45) is 0. The summed E-state index contributed by atoms with van der Waals surface area (Å²) in [5.41, 5.74) is 1.49. The lowest BCUT2D eigenvalue weighted by Crippen LogP contribution is -2.26. The monoisotopic (exact) mass is 497 g/mol. The van der Waals surface area contributed by atoms with Gasteiger partial charge in [-0.2, -0.15) is 8.78 Å². The SMILES string of the molecule is COc1ccc(CNC(=O)CSc2nc3ccccc3c(=O)n2-c2ccc(OC(F)F)cc2)cc1. The number of carbonyl (C=O) groups is 1. The number of nitrogens with one attached hydrogen (secondary N) is 1. The van der Waals surface area contributed by atoms with E-state index in [1.165, 1.54) is 28.8 Å². The number of methoxy groups -OCH3 is 1. The molecule has 0 atom stereocenters. The molecule has 0 aliphatic rings. The minimum absolute atomic E-state index is 0.0213. The number of halogens is 2. The first-order valence-corrected chi connectivity index (χ1v) is 11.5. The van der Waals surface area contributed by atoms with E-state index in [2.05, 4.69) is 15.0 Å². The van der Waals surface area contributed by atoms with Crippen LogP contribution in [0.25, 0.3) is 16.6 Å². The standard InChI is InChI=1S/C25H21F2N3O4S/c1-33-18-10-6-16(7-11-18)14-28-22(31)15-35-25-29-21-5-3-2-4-20(21)23(32)30(25)17-8-12-19(13-9-17)34-24(26)27/h2-13,24H,14-15H2,1H3,(H,28,31). The van der Waals surface area contributed by atoms with E-state index >= 15 is 0 Å². The van der Waals surface area contributed by atoms with Gasteiger partial charge in [0.25, 0.3) is 5.56 Å². The van der Waals surface area contributed by atoms with E-state index < -0.39 is 6.61 Å². The Hall–Kier alpha value is -3.92. The Kier molecular flexibility index (Phi) is 7.61. The summed E-state index contributed by atoms with van der Waals surface area (Å²) in [6, 6.07) is 19.9.